The summed E-state index contributed by atoms with van der Waals surface area (Å²) in [5.41, 5.74) is 4.46. The average molecular weight is 660 g/mol. The first kappa shape index (κ1) is 40.4. The molecule has 1 aromatic rings. The van der Waals surface area contributed by atoms with E-state index in [1.807, 2.05) is 0 Å². The van der Waals surface area contributed by atoms with E-state index >= 15 is 0 Å². The number of nitrogens with zero attached hydrogens (tertiary/aromatic N) is 2. The van der Waals surface area contributed by atoms with Crippen LogP contribution in [0.5, 0.6) is 0 Å². The summed E-state index contributed by atoms with van der Waals surface area (Å²) in [6.45, 7) is -1.05. The van der Waals surface area contributed by atoms with E-state index in [1.165, 1.54) is 6.07 Å². The van der Waals surface area contributed by atoms with Crippen molar-refractivity contribution in [3.63, 3.8) is 0 Å². The number of aliphatic hydroxyl groups is 6. The van der Waals surface area contributed by atoms with Crippen molar-refractivity contribution in [2.75, 3.05) is 18.9 Å². The first-order chi connectivity index (χ1) is 19.0. The second kappa shape index (κ2) is 16.3. The number of nitrogen functional groups attached to an aromatic ring is 1. The molecule has 43 heavy (non-hydrogen) atoms. The van der Waals surface area contributed by atoms with Crippen LogP contribution in [0.15, 0.2) is 17.1 Å². The van der Waals surface area contributed by atoms with Gasteiger partial charge in [-0.05, 0) is 6.07 Å². The Labute approximate surface area is 286 Å². The minimum Gasteiger partial charge on any atom is -0.477 e. The molecular weight excluding hydrogens is 629 g/mol. The number of aliphatic hydroxyl groups excluding tert-OH is 6. The normalized spacial score (nSPS) is 33.3. The number of carboxylic acid groups (broad SMARTS) is 1. The maximum absolute atomic E-state index is 12.8. The van der Waals surface area contributed by atoms with E-state index in [0.717, 1.165) is 17.7 Å². The second-order valence-electron chi connectivity index (χ2n) is 9.32. The van der Waals surface area contributed by atoms with Crippen molar-refractivity contribution in [1.29, 1.82) is 0 Å². The van der Waals surface area contributed by atoms with Gasteiger partial charge in [-0.3, -0.25) is 13.9 Å². The predicted molar refractivity (Wildman–Crippen MR) is 140 cm³/mol. The van der Waals surface area contributed by atoms with Gasteiger partial charge in [-0.2, -0.15) is 4.98 Å². The summed E-state index contributed by atoms with van der Waals surface area (Å²) in [7, 11) is -5.52. The summed E-state index contributed by atoms with van der Waals surface area (Å²) in [4.78, 5) is 49.6. The van der Waals surface area contributed by atoms with Gasteiger partial charge in [-0.15, -0.1) is 0 Å². The molecule has 2 aliphatic rings. The molecule has 2 fully saturated rings. The number of phosphoric ester groups is 1. The van der Waals surface area contributed by atoms with Gasteiger partial charge in [-0.1, -0.05) is 0 Å². The van der Waals surface area contributed by atoms with Gasteiger partial charge >= 0.3 is 19.5 Å². The quantitative estimate of drug-likeness (QED) is 0.0780. The number of carbonyl (C=O) groups excluding carboxylic acids is 1. The molecule has 1 aromatic heterocycles. The number of hydrogen-bond donors (Lipinski definition) is 10. The number of phosphoric acid groups is 1. The zero-order valence-corrected chi connectivity index (χ0v) is 28.1. The molecule has 3 rings (SSSR count). The van der Waals surface area contributed by atoms with Crippen LogP contribution < -0.4 is 16.7 Å². The second-order valence-corrected chi connectivity index (χ2v) is 10.7. The van der Waals surface area contributed by atoms with Gasteiger partial charge in [0.2, 0.25) is 5.91 Å². The maximum atomic E-state index is 12.8. The summed E-state index contributed by atoms with van der Waals surface area (Å²) in [6, 6.07) is -0.362. The zero-order chi connectivity index (χ0) is 30.9. The third-order valence-electron chi connectivity index (χ3n) is 6.31. The Bertz CT molecular complexity index is 1230. The number of ether oxygens (including phenoxy) is 2. The number of aliphatic carboxylic acids is 1. The Morgan fingerprint density at radius 3 is 2.44 bits per heavy atom. The summed E-state index contributed by atoms with van der Waals surface area (Å²) in [5, 5.41) is 72.7. The summed E-state index contributed by atoms with van der Waals surface area (Å²) < 4.78 is 33.7. The molecule has 2 aliphatic heterocycles. The van der Waals surface area contributed by atoms with Crippen LogP contribution in [0.2, 0.25) is 0 Å². The molecule has 1 amide bonds. The standard InChI is InChI=1S/C20H31N4O16P.2Na/c1-7(26)22-12-8(27)4-20(18(32)33,39-16(12)13(29)9(28)5-25)40-41(35,36)37-6-10-14(30)15(31)17(38-10)24-3-2-11(21)23-19(24)34;;/h2-3,8-10,12-17,25,27-31H,4-6H2,1H3,(H,22,26)(H,32,33)(H,35,36)(H2,21,23,34);;/t8-,9+,10+,12+,13+,14+,15+,16+,17+,20+;;/m0../s1. The van der Waals surface area contributed by atoms with E-state index < -0.39 is 106 Å². The first-order valence-corrected chi connectivity index (χ1v) is 13.4. The van der Waals surface area contributed by atoms with Crippen LogP contribution in [0.4, 0.5) is 5.82 Å². The van der Waals surface area contributed by atoms with E-state index in [0.29, 0.717) is 0 Å². The van der Waals surface area contributed by atoms with Gasteiger partial charge in [-0.25, -0.2) is 18.7 Å². The van der Waals surface area contributed by atoms with E-state index in [-0.39, 0.29) is 64.9 Å². The van der Waals surface area contributed by atoms with Crippen molar-refractivity contribution in [3.8, 4) is 0 Å². The van der Waals surface area contributed by atoms with Crippen molar-refractivity contribution >= 4 is 84.6 Å². The molecule has 0 bridgehead atoms. The largest absolute Gasteiger partial charge is 0.477 e. The smallest absolute Gasteiger partial charge is 0.475 e. The van der Waals surface area contributed by atoms with Crippen molar-refractivity contribution in [3.05, 3.63) is 22.7 Å². The van der Waals surface area contributed by atoms with Gasteiger partial charge in [0.25, 0.3) is 5.79 Å². The Hall–Kier alpha value is -0.590. The van der Waals surface area contributed by atoms with Crippen molar-refractivity contribution < 1.29 is 73.3 Å². The van der Waals surface area contributed by atoms with E-state index in [1.54, 1.807) is 0 Å². The van der Waals surface area contributed by atoms with Crippen LogP contribution in [0.3, 0.4) is 0 Å². The number of carboxylic acids is 1. The van der Waals surface area contributed by atoms with Crippen LogP contribution in [0.25, 0.3) is 0 Å². The Balaban J connectivity index is 0.00000462. The number of carbonyl (C=O) groups is 2. The molecule has 20 nitrogen and oxygen atoms in total. The monoisotopic (exact) mass is 660 g/mol. The molecule has 0 saturated carbocycles. The molecule has 3 heterocycles. The number of rotatable bonds is 11. The molecule has 2 saturated heterocycles. The van der Waals surface area contributed by atoms with Crippen LogP contribution in [0, 0.1) is 0 Å². The Kier molecular flexibility index (Phi) is 15.3. The summed E-state index contributed by atoms with van der Waals surface area (Å²) >= 11 is 0. The molecule has 0 aliphatic carbocycles. The molecule has 23 heteroatoms. The Morgan fingerprint density at radius 1 is 1.28 bits per heavy atom. The molecule has 11 N–H and O–H groups in total. The van der Waals surface area contributed by atoms with E-state index in [4.69, 9.17) is 24.3 Å². The number of amides is 1. The van der Waals surface area contributed by atoms with Gasteiger partial charge in [0.15, 0.2) is 6.23 Å². The zero-order valence-electron chi connectivity index (χ0n) is 23.2. The first-order valence-electron chi connectivity index (χ1n) is 11.9. The molecule has 11 atom stereocenters. The topological polar surface area (TPSA) is 323 Å². The van der Waals surface area contributed by atoms with Crippen molar-refractivity contribution in [2.24, 2.45) is 0 Å². The third-order valence-corrected chi connectivity index (χ3v) is 7.32. The van der Waals surface area contributed by atoms with Gasteiger partial charge in [0.1, 0.15) is 42.4 Å². The minimum atomic E-state index is -5.52. The fraction of sp³-hybridized carbons (Fsp3) is 0.700. The molecule has 0 spiro atoms. The van der Waals surface area contributed by atoms with Crippen LogP contribution in [-0.2, 0) is 32.7 Å². The van der Waals surface area contributed by atoms with Crippen LogP contribution in [-0.4, -0.2) is 189 Å². The predicted octanol–water partition coefficient (Wildman–Crippen LogP) is -6.03. The third kappa shape index (κ3) is 9.47. The fourth-order valence-electron chi connectivity index (χ4n) is 4.32. The van der Waals surface area contributed by atoms with Gasteiger partial charge < -0.3 is 61.2 Å². The van der Waals surface area contributed by atoms with Gasteiger partial charge in [0, 0.05) is 78.7 Å². The SMILES string of the molecule is CC(=O)N[C@H]1[C@H]([C@H](O)[C@H](O)CO)O[C@](OP(=O)(O)OC[C@H]2O[C@@H](n3ccc(N)nc3=O)[C@H](O)[C@@H]2O)(C(=O)O)C[C@@H]1O.[Na].[Na]. The number of aromatic nitrogens is 2. The molecule has 1 unspecified atom stereocenters. The van der Waals surface area contributed by atoms with E-state index in [9.17, 15) is 59.6 Å². The number of anilines is 1. The summed E-state index contributed by atoms with van der Waals surface area (Å²) in [5.74, 6) is -6.20. The molecule has 2 radical (unpaired) electrons. The maximum Gasteiger partial charge on any atom is 0.475 e. The molecular formula is C20H31N4Na2O16P. The molecule has 0 aromatic carbocycles. The number of nitrogens with one attached hydrogen (secondary N) is 1. The minimum absolute atomic E-state index is 0. The average Bonchev–Trinajstić information content (AvgIpc) is 3.16. The van der Waals surface area contributed by atoms with E-state index in [2.05, 4.69) is 10.3 Å². The van der Waals surface area contributed by atoms with Crippen molar-refractivity contribution in [2.45, 2.75) is 74.1 Å². The van der Waals surface area contributed by atoms with Crippen LogP contribution >= 0.6 is 7.82 Å². The molecule has 234 valence electrons. The fourth-order valence-corrected chi connectivity index (χ4v) is 5.27. The number of nitrogens with two attached hydrogens (primary N) is 1. The van der Waals surface area contributed by atoms with Gasteiger partial charge in [0.05, 0.1) is 25.4 Å². The van der Waals surface area contributed by atoms with Crippen molar-refractivity contribution in [1.82, 2.24) is 14.9 Å². The number of hydrogen-bond acceptors (Lipinski definition) is 16. The summed E-state index contributed by atoms with van der Waals surface area (Å²) in [6.07, 6.45) is -14.6. The Morgan fingerprint density at radius 2 is 1.91 bits per heavy atom. The van der Waals surface area contributed by atoms with Crippen LogP contribution in [0.1, 0.15) is 19.6 Å².